The second kappa shape index (κ2) is 3.22. The molecular weight excluding hydrogens is 99.1 g/mol. The molecule has 0 aliphatic carbocycles. The molecule has 0 spiro atoms. The van der Waals surface area contributed by atoms with Crippen LogP contribution in [0.15, 0.2) is 11.7 Å². The van der Waals surface area contributed by atoms with Crippen molar-refractivity contribution in [2.45, 2.75) is 6.92 Å². The molecule has 0 aliphatic heterocycles. The topological polar surface area (TPSA) is 0 Å². The van der Waals surface area contributed by atoms with Crippen LogP contribution in [0.1, 0.15) is 6.92 Å². The Hall–Kier alpha value is 0.0200. The van der Waals surface area contributed by atoms with E-state index in [1.54, 1.807) is 0 Å². The molecule has 0 saturated carbocycles. The van der Waals surface area contributed by atoms with Gasteiger partial charge in [-0.1, -0.05) is 25.3 Å². The van der Waals surface area contributed by atoms with Crippen LogP contribution in [0.4, 0.5) is 4.39 Å². The van der Waals surface area contributed by atoms with Gasteiger partial charge in [0.05, 0.1) is 0 Å². The minimum Gasteiger partial charge on any atom is -0.200 e. The van der Waals surface area contributed by atoms with Crippen molar-refractivity contribution in [3.63, 3.8) is 0 Å². The van der Waals surface area contributed by atoms with E-state index in [1.165, 1.54) is 0 Å². The summed E-state index contributed by atoms with van der Waals surface area (Å²) in [5.41, 5.74) is 0. The average Bonchev–Trinajstić information content (AvgIpc) is 1.35. The summed E-state index contributed by atoms with van der Waals surface area (Å²) >= 11 is 1.12. The number of hydrogen-bond donors (Lipinski definition) is 0. The molecule has 0 N–H and O–H groups in total. The fourth-order valence-corrected chi connectivity index (χ4v) is 0.470. The molecule has 0 atom stereocenters. The van der Waals surface area contributed by atoms with Crippen molar-refractivity contribution in [1.82, 2.24) is 0 Å². The van der Waals surface area contributed by atoms with Crippen molar-refractivity contribution in [1.29, 1.82) is 0 Å². The summed E-state index contributed by atoms with van der Waals surface area (Å²) in [4.78, 5) is 0. The molecule has 0 aliphatic rings. The van der Waals surface area contributed by atoms with Gasteiger partial charge >= 0.3 is 0 Å². The van der Waals surface area contributed by atoms with Crippen LogP contribution >= 0.6 is 11.8 Å². The Kier molecular flexibility index (Phi) is 3.23. The van der Waals surface area contributed by atoms with Crippen molar-refractivity contribution in [3.05, 3.63) is 11.7 Å². The third kappa shape index (κ3) is 4.02. The Balaban J connectivity index is 2.83. The summed E-state index contributed by atoms with van der Waals surface area (Å²) in [6, 6.07) is 0. The quantitative estimate of drug-likeness (QED) is 0.520. The normalized spacial score (nSPS) is 8.33. The maximum atomic E-state index is 11.5. The summed E-state index contributed by atoms with van der Waals surface area (Å²) in [5, 5.41) is -0.294. The molecule has 0 amide bonds. The van der Waals surface area contributed by atoms with Gasteiger partial charge in [-0.05, 0) is 5.75 Å². The van der Waals surface area contributed by atoms with Crippen LogP contribution in [-0.2, 0) is 0 Å². The molecular formula is C4H7FS. The van der Waals surface area contributed by atoms with Crippen LogP contribution in [-0.4, -0.2) is 5.75 Å². The highest BCUT2D eigenvalue weighted by atomic mass is 32.2. The first kappa shape index (κ1) is 6.02. The molecule has 6 heavy (non-hydrogen) atoms. The molecule has 0 aromatic carbocycles. The first-order valence-corrected chi connectivity index (χ1v) is 2.73. The standard InChI is InChI=1S/C4H7FS/c1-3-6-4(2)5/h2-3H2,1H3. The number of thioether (sulfide) groups is 1. The minimum absolute atomic E-state index is 0.294. The minimum atomic E-state index is -0.294. The van der Waals surface area contributed by atoms with Crippen LogP contribution in [0.5, 0.6) is 0 Å². The highest BCUT2D eigenvalue weighted by molar-refractivity contribution is 8.02. The summed E-state index contributed by atoms with van der Waals surface area (Å²) < 4.78 is 11.5. The van der Waals surface area contributed by atoms with Gasteiger partial charge in [0.15, 0.2) is 0 Å². The van der Waals surface area contributed by atoms with Gasteiger partial charge in [-0.25, -0.2) is 4.39 Å². The maximum Gasteiger partial charge on any atom is 0.149 e. The van der Waals surface area contributed by atoms with Gasteiger partial charge < -0.3 is 0 Å². The van der Waals surface area contributed by atoms with Crippen LogP contribution in [0.2, 0.25) is 0 Å². The van der Waals surface area contributed by atoms with E-state index in [9.17, 15) is 4.39 Å². The second-order valence-electron chi connectivity index (χ2n) is 0.788. The summed E-state index contributed by atoms with van der Waals surface area (Å²) in [6.45, 7) is 4.93. The lowest BCUT2D eigenvalue weighted by Crippen LogP contribution is -1.60. The van der Waals surface area contributed by atoms with E-state index in [-0.39, 0.29) is 5.16 Å². The number of halogens is 1. The Morgan fingerprint density at radius 1 is 2.00 bits per heavy atom. The lowest BCUT2D eigenvalue weighted by atomic mass is 11.0. The largest absolute Gasteiger partial charge is 0.200 e. The SMILES string of the molecule is C=C(F)SCC. The van der Waals surface area contributed by atoms with E-state index < -0.39 is 0 Å². The van der Waals surface area contributed by atoms with E-state index in [0.29, 0.717) is 0 Å². The van der Waals surface area contributed by atoms with E-state index in [4.69, 9.17) is 0 Å². The van der Waals surface area contributed by atoms with Crippen molar-refractivity contribution >= 4 is 11.8 Å². The fourth-order valence-electron chi connectivity index (χ4n) is 0.157. The maximum absolute atomic E-state index is 11.5. The highest BCUT2D eigenvalue weighted by Gasteiger charge is 1.81. The van der Waals surface area contributed by atoms with Gasteiger partial charge in [-0.15, -0.1) is 0 Å². The smallest absolute Gasteiger partial charge is 0.149 e. The first-order valence-electron chi connectivity index (χ1n) is 1.74. The van der Waals surface area contributed by atoms with Crippen LogP contribution < -0.4 is 0 Å². The van der Waals surface area contributed by atoms with Gasteiger partial charge in [0.1, 0.15) is 5.16 Å². The fraction of sp³-hybridized carbons (Fsp3) is 0.500. The second-order valence-corrected chi connectivity index (χ2v) is 2.10. The Morgan fingerprint density at radius 2 is 2.50 bits per heavy atom. The van der Waals surface area contributed by atoms with E-state index in [0.717, 1.165) is 17.5 Å². The zero-order chi connectivity index (χ0) is 4.99. The Labute approximate surface area is 41.4 Å². The molecule has 0 nitrogen and oxygen atoms in total. The van der Waals surface area contributed by atoms with Crippen LogP contribution in [0.3, 0.4) is 0 Å². The van der Waals surface area contributed by atoms with Crippen LogP contribution in [0.25, 0.3) is 0 Å². The van der Waals surface area contributed by atoms with E-state index >= 15 is 0 Å². The molecule has 0 heterocycles. The Morgan fingerprint density at radius 3 is 2.50 bits per heavy atom. The zero-order valence-electron chi connectivity index (χ0n) is 3.70. The van der Waals surface area contributed by atoms with Gasteiger partial charge in [0.25, 0.3) is 0 Å². The molecule has 0 rings (SSSR count). The van der Waals surface area contributed by atoms with Crippen LogP contribution in [0, 0.1) is 0 Å². The predicted molar refractivity (Wildman–Crippen MR) is 28.4 cm³/mol. The third-order valence-corrected chi connectivity index (χ3v) is 0.903. The van der Waals surface area contributed by atoms with Crippen molar-refractivity contribution in [3.8, 4) is 0 Å². The van der Waals surface area contributed by atoms with E-state index in [1.807, 2.05) is 6.92 Å². The number of rotatable bonds is 2. The van der Waals surface area contributed by atoms with Crippen molar-refractivity contribution < 1.29 is 4.39 Å². The zero-order valence-corrected chi connectivity index (χ0v) is 4.52. The molecule has 0 saturated heterocycles. The number of hydrogen-bond acceptors (Lipinski definition) is 1. The third-order valence-electron chi connectivity index (χ3n) is 0.301. The monoisotopic (exact) mass is 106 g/mol. The highest BCUT2D eigenvalue weighted by Crippen LogP contribution is 2.11. The molecule has 2 heteroatoms. The van der Waals surface area contributed by atoms with Gasteiger partial charge in [-0.3, -0.25) is 0 Å². The molecule has 0 aromatic heterocycles. The average molecular weight is 106 g/mol. The Bertz CT molecular complexity index is 51.5. The van der Waals surface area contributed by atoms with Gasteiger partial charge in [0, 0.05) is 0 Å². The lowest BCUT2D eigenvalue weighted by molar-refractivity contribution is 0.704. The molecule has 0 unspecified atom stereocenters. The molecule has 0 fully saturated rings. The summed E-state index contributed by atoms with van der Waals surface area (Å²) in [5.74, 6) is 0.773. The van der Waals surface area contributed by atoms with E-state index in [2.05, 4.69) is 6.58 Å². The summed E-state index contributed by atoms with van der Waals surface area (Å²) in [7, 11) is 0. The molecule has 0 radical (unpaired) electrons. The van der Waals surface area contributed by atoms with Crippen molar-refractivity contribution in [2.75, 3.05) is 5.75 Å². The van der Waals surface area contributed by atoms with Gasteiger partial charge in [0.2, 0.25) is 0 Å². The van der Waals surface area contributed by atoms with Crippen molar-refractivity contribution in [2.24, 2.45) is 0 Å². The molecule has 0 bridgehead atoms. The predicted octanol–water partition coefficient (Wildman–Crippen LogP) is 2.18. The molecule has 0 aromatic rings. The molecule has 36 valence electrons. The van der Waals surface area contributed by atoms with Gasteiger partial charge in [-0.2, -0.15) is 0 Å². The summed E-state index contributed by atoms with van der Waals surface area (Å²) in [6.07, 6.45) is 0. The lowest BCUT2D eigenvalue weighted by Gasteiger charge is -1.82. The first-order chi connectivity index (χ1) is 2.77.